The number of nitrogens with zero attached hydrogens (tertiary/aromatic N) is 2. The highest BCUT2D eigenvalue weighted by Crippen LogP contribution is 2.36. The van der Waals surface area contributed by atoms with Gasteiger partial charge in [0.15, 0.2) is 5.69 Å². The summed E-state index contributed by atoms with van der Waals surface area (Å²) in [7, 11) is 0. The second-order valence-electron chi connectivity index (χ2n) is 4.04. The molecule has 0 radical (unpaired) electrons. The summed E-state index contributed by atoms with van der Waals surface area (Å²) in [6, 6.07) is 5.31. The van der Waals surface area contributed by atoms with Crippen molar-refractivity contribution in [1.29, 1.82) is 0 Å². The van der Waals surface area contributed by atoms with Crippen molar-refractivity contribution < 1.29 is 13.2 Å². The first kappa shape index (κ1) is 13.1. The van der Waals surface area contributed by atoms with Gasteiger partial charge in [0.1, 0.15) is 0 Å². The first-order valence-electron chi connectivity index (χ1n) is 5.19. The third-order valence-corrected chi connectivity index (χ3v) is 3.17. The molecule has 0 N–H and O–H groups in total. The molecule has 0 aliphatic carbocycles. The molecule has 1 heterocycles. The lowest BCUT2D eigenvalue weighted by Gasteiger charge is -2.13. The van der Waals surface area contributed by atoms with E-state index in [9.17, 15) is 13.2 Å². The predicted molar refractivity (Wildman–Crippen MR) is 65.7 cm³/mol. The monoisotopic (exact) mass is 318 g/mol. The fourth-order valence-corrected chi connectivity index (χ4v) is 2.20. The Kier molecular flexibility index (Phi) is 3.23. The highest BCUT2D eigenvalue weighted by Gasteiger charge is 2.38. The van der Waals surface area contributed by atoms with Crippen molar-refractivity contribution in [1.82, 2.24) is 9.78 Å². The molecule has 0 atom stereocenters. The van der Waals surface area contributed by atoms with Crippen LogP contribution in [0.1, 0.15) is 16.8 Å². The van der Waals surface area contributed by atoms with Crippen LogP contribution in [0.4, 0.5) is 13.2 Å². The molecule has 0 bridgehead atoms. The third-order valence-electron chi connectivity index (χ3n) is 2.59. The molecule has 0 fully saturated rings. The second-order valence-corrected chi connectivity index (χ2v) is 4.89. The van der Waals surface area contributed by atoms with E-state index in [4.69, 9.17) is 0 Å². The molecule has 1 aromatic heterocycles. The SMILES string of the molecule is Cc1ccc(C)c(-n2ncc(Br)c2C(F)(F)F)c1. The minimum atomic E-state index is -4.45. The molecule has 0 saturated heterocycles. The molecular weight excluding hydrogens is 309 g/mol. The quantitative estimate of drug-likeness (QED) is 0.767. The zero-order valence-corrected chi connectivity index (χ0v) is 11.3. The number of hydrogen-bond donors (Lipinski definition) is 0. The Morgan fingerprint density at radius 3 is 2.50 bits per heavy atom. The van der Waals surface area contributed by atoms with Gasteiger partial charge in [0, 0.05) is 0 Å². The summed E-state index contributed by atoms with van der Waals surface area (Å²) in [5.41, 5.74) is 1.27. The van der Waals surface area contributed by atoms with Crippen LogP contribution in [0.25, 0.3) is 5.69 Å². The summed E-state index contributed by atoms with van der Waals surface area (Å²) >= 11 is 2.89. The molecule has 0 unspecified atom stereocenters. The Hall–Kier alpha value is -1.30. The largest absolute Gasteiger partial charge is 0.434 e. The first-order valence-corrected chi connectivity index (χ1v) is 5.98. The lowest BCUT2D eigenvalue weighted by atomic mass is 10.1. The minimum Gasteiger partial charge on any atom is -0.227 e. The van der Waals surface area contributed by atoms with Crippen LogP contribution in [-0.4, -0.2) is 9.78 Å². The molecule has 96 valence electrons. The van der Waals surface area contributed by atoms with E-state index >= 15 is 0 Å². The van der Waals surface area contributed by atoms with E-state index in [1.54, 1.807) is 19.1 Å². The van der Waals surface area contributed by atoms with Crippen LogP contribution in [0, 0.1) is 13.8 Å². The summed E-state index contributed by atoms with van der Waals surface area (Å²) in [5, 5.41) is 3.80. The molecule has 0 saturated carbocycles. The molecule has 0 amide bonds. The van der Waals surface area contributed by atoms with E-state index in [0.29, 0.717) is 5.69 Å². The minimum absolute atomic E-state index is 0.0593. The van der Waals surface area contributed by atoms with Gasteiger partial charge < -0.3 is 0 Å². The van der Waals surface area contributed by atoms with Gasteiger partial charge in [-0.25, -0.2) is 4.68 Å². The molecule has 0 aliphatic rings. The maximum absolute atomic E-state index is 13.0. The van der Waals surface area contributed by atoms with Crippen molar-refractivity contribution in [2.75, 3.05) is 0 Å². The van der Waals surface area contributed by atoms with E-state index in [1.165, 1.54) is 0 Å². The molecule has 6 heteroatoms. The van der Waals surface area contributed by atoms with Crippen molar-refractivity contribution in [3.63, 3.8) is 0 Å². The van der Waals surface area contributed by atoms with Gasteiger partial charge >= 0.3 is 6.18 Å². The first-order chi connectivity index (χ1) is 8.30. The Morgan fingerprint density at radius 2 is 1.89 bits per heavy atom. The zero-order chi connectivity index (χ0) is 13.5. The van der Waals surface area contributed by atoms with Gasteiger partial charge in [0.25, 0.3) is 0 Å². The highest BCUT2D eigenvalue weighted by atomic mass is 79.9. The Morgan fingerprint density at radius 1 is 1.22 bits per heavy atom. The molecule has 1 aromatic carbocycles. The van der Waals surface area contributed by atoms with Gasteiger partial charge in [-0.05, 0) is 47.0 Å². The van der Waals surface area contributed by atoms with Crippen molar-refractivity contribution in [3.8, 4) is 5.69 Å². The Balaban J connectivity index is 2.69. The van der Waals surface area contributed by atoms with Gasteiger partial charge in [-0.15, -0.1) is 0 Å². The molecule has 0 spiro atoms. The number of rotatable bonds is 1. The molecule has 0 aliphatic heterocycles. The second kappa shape index (κ2) is 4.42. The summed E-state index contributed by atoms with van der Waals surface area (Å²) in [6.45, 7) is 3.58. The molecule has 2 aromatic rings. The molecular formula is C12H10BrF3N2. The number of aryl methyl sites for hydroxylation is 2. The topological polar surface area (TPSA) is 17.8 Å². The molecule has 18 heavy (non-hydrogen) atoms. The van der Waals surface area contributed by atoms with Crippen LogP contribution in [0.2, 0.25) is 0 Å². The standard InChI is InChI=1S/C12H10BrF3N2/c1-7-3-4-8(2)10(5-7)18-11(12(14,15)16)9(13)6-17-18/h3-6H,1-2H3. The van der Waals surface area contributed by atoms with E-state index in [1.807, 2.05) is 13.0 Å². The van der Waals surface area contributed by atoms with Crippen LogP contribution in [0.5, 0.6) is 0 Å². The van der Waals surface area contributed by atoms with Gasteiger partial charge in [-0.1, -0.05) is 12.1 Å². The van der Waals surface area contributed by atoms with Crippen LogP contribution in [-0.2, 0) is 6.18 Å². The summed E-state index contributed by atoms with van der Waals surface area (Å²) in [4.78, 5) is 0. The number of alkyl halides is 3. The summed E-state index contributed by atoms with van der Waals surface area (Å²) in [5.74, 6) is 0. The number of aromatic nitrogens is 2. The van der Waals surface area contributed by atoms with Crippen LogP contribution >= 0.6 is 15.9 Å². The number of hydrogen-bond acceptors (Lipinski definition) is 1. The van der Waals surface area contributed by atoms with Crippen molar-refractivity contribution >= 4 is 15.9 Å². The lowest BCUT2D eigenvalue weighted by molar-refractivity contribution is -0.143. The van der Waals surface area contributed by atoms with Crippen molar-refractivity contribution in [2.45, 2.75) is 20.0 Å². The van der Waals surface area contributed by atoms with E-state index < -0.39 is 11.9 Å². The fraction of sp³-hybridized carbons (Fsp3) is 0.250. The summed E-state index contributed by atoms with van der Waals surface area (Å²) in [6.07, 6.45) is -3.30. The maximum Gasteiger partial charge on any atom is 0.434 e. The van der Waals surface area contributed by atoms with Crippen LogP contribution in [0.3, 0.4) is 0 Å². The Bertz CT molecular complexity index is 587. The molecule has 2 nitrogen and oxygen atoms in total. The fourth-order valence-electron chi connectivity index (χ4n) is 1.71. The third kappa shape index (κ3) is 2.29. The lowest BCUT2D eigenvalue weighted by Crippen LogP contribution is -2.14. The maximum atomic E-state index is 13.0. The van der Waals surface area contributed by atoms with Gasteiger partial charge in [0.2, 0.25) is 0 Å². The number of halogens is 4. The van der Waals surface area contributed by atoms with Gasteiger partial charge in [-0.2, -0.15) is 18.3 Å². The molecule has 2 rings (SSSR count). The van der Waals surface area contributed by atoms with Crippen molar-refractivity contribution in [2.24, 2.45) is 0 Å². The zero-order valence-electron chi connectivity index (χ0n) is 9.72. The van der Waals surface area contributed by atoms with Crippen LogP contribution in [0.15, 0.2) is 28.9 Å². The van der Waals surface area contributed by atoms with Gasteiger partial charge in [-0.3, -0.25) is 0 Å². The average Bonchev–Trinajstić information content (AvgIpc) is 2.63. The summed E-state index contributed by atoms with van der Waals surface area (Å²) < 4.78 is 39.8. The van der Waals surface area contributed by atoms with Gasteiger partial charge in [0.05, 0.1) is 16.4 Å². The predicted octanol–water partition coefficient (Wildman–Crippen LogP) is 4.27. The Labute approximate surface area is 111 Å². The van der Waals surface area contributed by atoms with E-state index in [-0.39, 0.29) is 4.47 Å². The van der Waals surface area contributed by atoms with E-state index in [0.717, 1.165) is 22.0 Å². The smallest absolute Gasteiger partial charge is 0.227 e. The van der Waals surface area contributed by atoms with Crippen LogP contribution < -0.4 is 0 Å². The highest BCUT2D eigenvalue weighted by molar-refractivity contribution is 9.10. The van der Waals surface area contributed by atoms with Crippen molar-refractivity contribution in [3.05, 3.63) is 45.7 Å². The normalized spacial score (nSPS) is 11.9. The number of benzene rings is 1. The van der Waals surface area contributed by atoms with E-state index in [2.05, 4.69) is 21.0 Å². The average molecular weight is 319 g/mol.